The fourth-order valence-electron chi connectivity index (χ4n) is 2.17. The monoisotopic (exact) mass is 284 g/mol. The molecule has 0 aliphatic rings. The van der Waals surface area contributed by atoms with Crippen LogP contribution in [0.25, 0.3) is 0 Å². The minimum absolute atomic E-state index is 0.00318. The van der Waals surface area contributed by atoms with Gasteiger partial charge in [-0.3, -0.25) is 10.1 Å². The number of aliphatic hydroxyl groups excluding tert-OH is 1. The molecule has 0 spiro atoms. The smallest absolute Gasteiger partial charge is 0.334 e. The van der Waals surface area contributed by atoms with Crippen molar-refractivity contribution in [2.45, 2.75) is 39.5 Å². The summed E-state index contributed by atoms with van der Waals surface area (Å²) in [4.78, 5) is 10.9. The fraction of sp³-hybridized carbons (Fsp3) is 0.769. The van der Waals surface area contributed by atoms with Crippen molar-refractivity contribution in [1.29, 1.82) is 0 Å². The van der Waals surface area contributed by atoms with Gasteiger partial charge < -0.3 is 10.4 Å². The summed E-state index contributed by atoms with van der Waals surface area (Å²) in [5.74, 6) is 0.726. The lowest BCUT2D eigenvalue weighted by molar-refractivity contribution is -0.384. The van der Waals surface area contributed by atoms with Gasteiger partial charge in [0.2, 0.25) is 5.82 Å². The molecule has 0 saturated carbocycles. The summed E-state index contributed by atoms with van der Waals surface area (Å²) in [6.07, 6.45) is 1.60. The molecular formula is C13H24N4O3. The minimum Gasteiger partial charge on any atom is -0.396 e. The highest BCUT2D eigenvalue weighted by atomic mass is 16.6. The number of nitro groups is 1. The second-order valence-electron chi connectivity index (χ2n) is 5.29. The number of aromatic nitrogens is 2. The van der Waals surface area contributed by atoms with Crippen LogP contribution in [0.1, 0.15) is 45.2 Å². The lowest BCUT2D eigenvalue weighted by atomic mass is 10.0. The molecule has 1 heterocycles. The molecule has 1 aromatic rings. The van der Waals surface area contributed by atoms with Crippen LogP contribution in [0, 0.1) is 16.0 Å². The molecule has 1 unspecified atom stereocenters. The van der Waals surface area contributed by atoms with E-state index in [1.165, 1.54) is 4.68 Å². The first-order chi connectivity index (χ1) is 9.42. The number of aryl methyl sites for hydroxylation is 1. The summed E-state index contributed by atoms with van der Waals surface area (Å²) in [7, 11) is 1.70. The zero-order chi connectivity index (χ0) is 15.3. The molecule has 0 radical (unpaired) electrons. The number of nitrogens with one attached hydrogen (secondary N) is 1. The first-order valence-electron chi connectivity index (χ1n) is 6.98. The Labute approximate surface area is 119 Å². The number of rotatable bonds is 8. The van der Waals surface area contributed by atoms with Crippen molar-refractivity contribution in [2.24, 2.45) is 13.0 Å². The van der Waals surface area contributed by atoms with Crippen molar-refractivity contribution < 1.29 is 10.0 Å². The number of hydrogen-bond acceptors (Lipinski definition) is 5. The van der Waals surface area contributed by atoms with Crippen molar-refractivity contribution in [1.82, 2.24) is 9.78 Å². The van der Waals surface area contributed by atoms with E-state index in [9.17, 15) is 10.1 Å². The Bertz CT molecular complexity index is 457. The molecule has 0 aromatic carbocycles. The predicted octanol–water partition coefficient (Wildman–Crippen LogP) is 2.27. The van der Waals surface area contributed by atoms with E-state index >= 15 is 0 Å². The zero-order valence-electron chi connectivity index (χ0n) is 12.6. The average Bonchev–Trinajstić information content (AvgIpc) is 2.72. The Morgan fingerprint density at radius 3 is 2.60 bits per heavy atom. The van der Waals surface area contributed by atoms with Crippen LogP contribution in [0.2, 0.25) is 0 Å². The second kappa shape index (κ2) is 7.23. The molecular weight excluding hydrogens is 260 g/mol. The lowest BCUT2D eigenvalue weighted by Gasteiger charge is -2.14. The van der Waals surface area contributed by atoms with Crippen molar-refractivity contribution in [3.05, 3.63) is 15.8 Å². The third-order valence-corrected chi connectivity index (χ3v) is 3.45. The molecule has 0 amide bonds. The maximum absolute atomic E-state index is 11.3. The summed E-state index contributed by atoms with van der Waals surface area (Å²) in [5.41, 5.74) is 0.552. The molecule has 114 valence electrons. The van der Waals surface area contributed by atoms with E-state index in [1.807, 2.05) is 20.8 Å². The summed E-state index contributed by atoms with van der Waals surface area (Å²) < 4.78 is 1.53. The number of hydrogen-bond donors (Lipinski definition) is 2. The first-order valence-corrected chi connectivity index (χ1v) is 6.98. The van der Waals surface area contributed by atoms with Gasteiger partial charge in [-0.2, -0.15) is 5.10 Å². The normalized spacial score (nSPS) is 12.7. The molecule has 0 fully saturated rings. The summed E-state index contributed by atoms with van der Waals surface area (Å²) in [6, 6.07) is 0. The molecule has 0 aliphatic heterocycles. The van der Waals surface area contributed by atoms with Gasteiger partial charge in [0.1, 0.15) is 5.69 Å². The van der Waals surface area contributed by atoms with E-state index in [0.29, 0.717) is 24.5 Å². The Balaban J connectivity index is 2.97. The molecule has 20 heavy (non-hydrogen) atoms. The van der Waals surface area contributed by atoms with Crippen LogP contribution < -0.4 is 5.32 Å². The largest absolute Gasteiger partial charge is 0.396 e. The highest BCUT2D eigenvalue weighted by molar-refractivity contribution is 5.60. The zero-order valence-corrected chi connectivity index (χ0v) is 12.6. The fourth-order valence-corrected chi connectivity index (χ4v) is 2.17. The van der Waals surface area contributed by atoms with Gasteiger partial charge in [-0.25, -0.2) is 4.68 Å². The third-order valence-electron chi connectivity index (χ3n) is 3.45. The maximum Gasteiger partial charge on any atom is 0.334 e. The first kappa shape index (κ1) is 16.4. The van der Waals surface area contributed by atoms with Crippen molar-refractivity contribution >= 4 is 11.5 Å². The van der Waals surface area contributed by atoms with Gasteiger partial charge >= 0.3 is 5.69 Å². The Kier molecular flexibility index (Phi) is 5.94. The molecule has 1 rings (SSSR count). The van der Waals surface area contributed by atoms with E-state index < -0.39 is 0 Å². The van der Waals surface area contributed by atoms with Gasteiger partial charge in [0, 0.05) is 26.1 Å². The van der Waals surface area contributed by atoms with Gasteiger partial charge in [0.25, 0.3) is 0 Å². The predicted molar refractivity (Wildman–Crippen MR) is 77.9 cm³/mol. The van der Waals surface area contributed by atoms with Crippen molar-refractivity contribution in [3.63, 3.8) is 0 Å². The Morgan fingerprint density at radius 1 is 1.50 bits per heavy atom. The average molecular weight is 284 g/mol. The van der Waals surface area contributed by atoms with E-state index in [4.69, 9.17) is 5.11 Å². The summed E-state index contributed by atoms with van der Waals surface area (Å²) in [5, 5.41) is 27.6. The maximum atomic E-state index is 11.3. The van der Waals surface area contributed by atoms with Gasteiger partial charge in [0.15, 0.2) is 0 Å². The highest BCUT2D eigenvalue weighted by Gasteiger charge is 2.28. The van der Waals surface area contributed by atoms with Crippen molar-refractivity contribution in [3.8, 4) is 0 Å². The molecule has 0 saturated heterocycles. The van der Waals surface area contributed by atoms with Crippen LogP contribution in [0.4, 0.5) is 11.5 Å². The molecule has 1 aromatic heterocycles. The van der Waals surface area contributed by atoms with Crippen LogP contribution in [-0.4, -0.2) is 33.0 Å². The van der Waals surface area contributed by atoms with E-state index in [-0.39, 0.29) is 29.1 Å². The highest BCUT2D eigenvalue weighted by Crippen LogP contribution is 2.32. The Morgan fingerprint density at radius 2 is 2.15 bits per heavy atom. The standard InChI is InChI=1S/C13H24N4O3/c1-5-10(6-7-18)8-14-13-12(17(19)20)11(9(2)3)15-16(13)4/h9-10,14,18H,5-8H2,1-4H3. The van der Waals surface area contributed by atoms with Gasteiger partial charge in [-0.1, -0.05) is 27.2 Å². The van der Waals surface area contributed by atoms with Gasteiger partial charge in [0.05, 0.1) is 4.92 Å². The quantitative estimate of drug-likeness (QED) is 0.564. The van der Waals surface area contributed by atoms with E-state index in [2.05, 4.69) is 10.4 Å². The van der Waals surface area contributed by atoms with Crippen LogP contribution >= 0.6 is 0 Å². The van der Waals surface area contributed by atoms with Crippen LogP contribution in [-0.2, 0) is 7.05 Å². The molecule has 7 heteroatoms. The molecule has 0 aliphatic carbocycles. The van der Waals surface area contributed by atoms with Gasteiger partial charge in [-0.05, 0) is 12.3 Å². The molecule has 0 bridgehead atoms. The van der Waals surface area contributed by atoms with Crippen LogP contribution in [0.15, 0.2) is 0 Å². The van der Waals surface area contributed by atoms with Crippen LogP contribution in [0.3, 0.4) is 0 Å². The third kappa shape index (κ3) is 3.69. The SMILES string of the molecule is CCC(CCO)CNc1c([N+](=O)[O-])c(C(C)C)nn1C. The lowest BCUT2D eigenvalue weighted by Crippen LogP contribution is -2.17. The Hall–Kier alpha value is -1.63. The summed E-state index contributed by atoms with van der Waals surface area (Å²) >= 11 is 0. The minimum atomic E-state index is -0.377. The van der Waals surface area contributed by atoms with Crippen LogP contribution in [0.5, 0.6) is 0 Å². The second-order valence-corrected chi connectivity index (χ2v) is 5.29. The molecule has 7 nitrogen and oxygen atoms in total. The number of aliphatic hydroxyl groups is 1. The molecule has 1 atom stereocenters. The van der Waals surface area contributed by atoms with Gasteiger partial charge in [-0.15, -0.1) is 0 Å². The molecule has 2 N–H and O–H groups in total. The topological polar surface area (TPSA) is 93.2 Å². The van der Waals surface area contributed by atoms with Crippen molar-refractivity contribution in [2.75, 3.05) is 18.5 Å². The van der Waals surface area contributed by atoms with E-state index in [1.54, 1.807) is 7.05 Å². The number of nitrogens with zero attached hydrogens (tertiary/aromatic N) is 3. The van der Waals surface area contributed by atoms with E-state index in [0.717, 1.165) is 6.42 Å². The number of anilines is 1. The summed E-state index contributed by atoms with van der Waals surface area (Å²) in [6.45, 7) is 6.54.